The SMILES string of the molecule is CCNC(c1ccoc1)c1cccc(OC2CC2)c1. The highest BCUT2D eigenvalue weighted by atomic mass is 16.5. The first-order valence-corrected chi connectivity index (χ1v) is 6.89. The third-order valence-electron chi connectivity index (χ3n) is 3.30. The van der Waals surface area contributed by atoms with Gasteiger partial charge in [0.05, 0.1) is 24.7 Å². The van der Waals surface area contributed by atoms with E-state index in [-0.39, 0.29) is 6.04 Å². The average Bonchev–Trinajstić information content (AvgIpc) is 3.07. The van der Waals surface area contributed by atoms with Crippen LogP contribution in [0.3, 0.4) is 0 Å². The molecule has 1 aromatic carbocycles. The third-order valence-corrected chi connectivity index (χ3v) is 3.30. The Labute approximate surface area is 113 Å². The topological polar surface area (TPSA) is 34.4 Å². The van der Waals surface area contributed by atoms with Crippen molar-refractivity contribution in [2.45, 2.75) is 31.9 Å². The molecule has 100 valence electrons. The summed E-state index contributed by atoms with van der Waals surface area (Å²) < 4.78 is 11.1. The fourth-order valence-electron chi connectivity index (χ4n) is 2.22. The van der Waals surface area contributed by atoms with Gasteiger partial charge in [-0.25, -0.2) is 0 Å². The van der Waals surface area contributed by atoms with Gasteiger partial charge in [0.15, 0.2) is 0 Å². The molecule has 0 aliphatic heterocycles. The van der Waals surface area contributed by atoms with Crippen LogP contribution in [0, 0.1) is 0 Å². The van der Waals surface area contributed by atoms with Gasteiger partial charge in [0, 0.05) is 5.56 Å². The molecule has 1 saturated carbocycles. The Hall–Kier alpha value is -1.74. The molecule has 0 amide bonds. The molecule has 3 heteroatoms. The van der Waals surface area contributed by atoms with Crippen molar-refractivity contribution in [2.75, 3.05) is 6.54 Å². The van der Waals surface area contributed by atoms with Crippen molar-refractivity contribution < 1.29 is 9.15 Å². The Kier molecular flexibility index (Phi) is 3.56. The second-order valence-electron chi connectivity index (χ2n) is 4.94. The number of hydrogen-bond acceptors (Lipinski definition) is 3. The summed E-state index contributed by atoms with van der Waals surface area (Å²) in [4.78, 5) is 0. The zero-order chi connectivity index (χ0) is 13.1. The molecule has 1 heterocycles. The molecule has 1 fully saturated rings. The zero-order valence-corrected chi connectivity index (χ0v) is 11.1. The maximum absolute atomic E-state index is 5.86. The summed E-state index contributed by atoms with van der Waals surface area (Å²) in [7, 11) is 0. The molecule has 1 aliphatic carbocycles. The summed E-state index contributed by atoms with van der Waals surface area (Å²) in [6, 6.07) is 10.5. The van der Waals surface area contributed by atoms with Crippen molar-refractivity contribution in [1.29, 1.82) is 0 Å². The first-order chi connectivity index (χ1) is 9.36. The van der Waals surface area contributed by atoms with Gasteiger partial charge in [0.2, 0.25) is 0 Å². The fourth-order valence-corrected chi connectivity index (χ4v) is 2.22. The molecule has 19 heavy (non-hydrogen) atoms. The zero-order valence-electron chi connectivity index (χ0n) is 11.1. The number of ether oxygens (including phenoxy) is 1. The lowest BCUT2D eigenvalue weighted by atomic mass is 10.0. The second-order valence-corrected chi connectivity index (χ2v) is 4.94. The van der Waals surface area contributed by atoms with E-state index in [1.165, 1.54) is 18.4 Å². The predicted octanol–water partition coefficient (Wildman–Crippen LogP) is 3.52. The largest absolute Gasteiger partial charge is 0.490 e. The van der Waals surface area contributed by atoms with Gasteiger partial charge in [-0.05, 0) is 43.1 Å². The van der Waals surface area contributed by atoms with Crippen molar-refractivity contribution in [3.63, 3.8) is 0 Å². The van der Waals surface area contributed by atoms with Crippen LogP contribution in [0.1, 0.15) is 36.9 Å². The van der Waals surface area contributed by atoms with Gasteiger partial charge in [-0.1, -0.05) is 19.1 Å². The van der Waals surface area contributed by atoms with Crippen molar-refractivity contribution in [1.82, 2.24) is 5.32 Å². The molecular weight excluding hydrogens is 238 g/mol. The number of benzene rings is 1. The van der Waals surface area contributed by atoms with Crippen molar-refractivity contribution in [2.24, 2.45) is 0 Å². The third kappa shape index (κ3) is 2.99. The Bertz CT molecular complexity index is 517. The van der Waals surface area contributed by atoms with E-state index in [4.69, 9.17) is 9.15 Å². The smallest absolute Gasteiger partial charge is 0.120 e. The summed E-state index contributed by atoms with van der Waals surface area (Å²) in [6.07, 6.45) is 6.30. The summed E-state index contributed by atoms with van der Waals surface area (Å²) >= 11 is 0. The molecule has 1 N–H and O–H groups in total. The first kappa shape index (κ1) is 12.3. The van der Waals surface area contributed by atoms with Crippen LogP contribution in [0.5, 0.6) is 5.75 Å². The number of rotatable bonds is 6. The molecule has 1 aliphatic rings. The molecule has 3 rings (SSSR count). The van der Waals surface area contributed by atoms with Crippen molar-refractivity contribution in [3.8, 4) is 5.75 Å². The van der Waals surface area contributed by atoms with Gasteiger partial charge in [0.25, 0.3) is 0 Å². The molecule has 0 spiro atoms. The highest BCUT2D eigenvalue weighted by Gasteiger charge is 2.24. The molecule has 2 aromatic rings. The Morgan fingerprint density at radius 1 is 1.32 bits per heavy atom. The van der Waals surface area contributed by atoms with Crippen molar-refractivity contribution in [3.05, 3.63) is 54.0 Å². The molecule has 1 atom stereocenters. The van der Waals surface area contributed by atoms with Crippen LogP contribution in [0.15, 0.2) is 47.3 Å². The predicted molar refractivity (Wildman–Crippen MR) is 74.3 cm³/mol. The molecular formula is C16H19NO2. The van der Waals surface area contributed by atoms with E-state index in [0.717, 1.165) is 17.9 Å². The lowest BCUT2D eigenvalue weighted by Crippen LogP contribution is -2.21. The molecule has 1 unspecified atom stereocenters. The van der Waals surface area contributed by atoms with Gasteiger partial charge in [0.1, 0.15) is 5.75 Å². The Morgan fingerprint density at radius 2 is 2.21 bits per heavy atom. The summed E-state index contributed by atoms with van der Waals surface area (Å²) in [5.74, 6) is 0.964. The van der Waals surface area contributed by atoms with Crippen LogP contribution in [0.4, 0.5) is 0 Å². The van der Waals surface area contributed by atoms with Gasteiger partial charge in [-0.3, -0.25) is 0 Å². The van der Waals surface area contributed by atoms with Gasteiger partial charge >= 0.3 is 0 Å². The lowest BCUT2D eigenvalue weighted by Gasteiger charge is -2.17. The standard InChI is InChI=1S/C16H19NO2/c1-2-17-16(13-8-9-18-11-13)12-4-3-5-15(10-12)19-14-6-7-14/h3-5,8-11,14,16-17H,2,6-7H2,1H3. The van der Waals surface area contributed by atoms with Gasteiger partial charge < -0.3 is 14.5 Å². The number of furan rings is 1. The maximum Gasteiger partial charge on any atom is 0.120 e. The maximum atomic E-state index is 5.86. The quantitative estimate of drug-likeness (QED) is 0.859. The summed E-state index contributed by atoms with van der Waals surface area (Å²) in [6.45, 7) is 3.02. The van der Waals surface area contributed by atoms with Crippen LogP contribution < -0.4 is 10.1 Å². The number of hydrogen-bond donors (Lipinski definition) is 1. The first-order valence-electron chi connectivity index (χ1n) is 6.89. The normalized spacial score (nSPS) is 16.3. The number of nitrogens with one attached hydrogen (secondary N) is 1. The van der Waals surface area contributed by atoms with E-state index in [1.807, 2.05) is 12.1 Å². The van der Waals surface area contributed by atoms with Crippen molar-refractivity contribution >= 4 is 0 Å². The fraction of sp³-hybridized carbons (Fsp3) is 0.375. The summed E-state index contributed by atoms with van der Waals surface area (Å²) in [5.41, 5.74) is 2.35. The molecule has 0 bridgehead atoms. The molecule has 1 aromatic heterocycles. The lowest BCUT2D eigenvalue weighted by molar-refractivity contribution is 0.302. The van der Waals surface area contributed by atoms with Gasteiger partial charge in [-0.15, -0.1) is 0 Å². The monoisotopic (exact) mass is 257 g/mol. The highest BCUT2D eigenvalue weighted by Crippen LogP contribution is 2.30. The molecule has 0 saturated heterocycles. The average molecular weight is 257 g/mol. The van der Waals surface area contributed by atoms with Crippen LogP contribution in [-0.2, 0) is 0 Å². The minimum Gasteiger partial charge on any atom is -0.490 e. The van der Waals surface area contributed by atoms with E-state index in [2.05, 4.69) is 30.4 Å². The van der Waals surface area contributed by atoms with E-state index in [9.17, 15) is 0 Å². The van der Waals surface area contributed by atoms with E-state index in [1.54, 1.807) is 12.5 Å². The second kappa shape index (κ2) is 5.49. The summed E-state index contributed by atoms with van der Waals surface area (Å²) in [5, 5.41) is 3.48. The van der Waals surface area contributed by atoms with E-state index >= 15 is 0 Å². The minimum absolute atomic E-state index is 0.159. The van der Waals surface area contributed by atoms with Crippen LogP contribution in [0.25, 0.3) is 0 Å². The molecule has 0 radical (unpaired) electrons. The van der Waals surface area contributed by atoms with Crippen LogP contribution in [0.2, 0.25) is 0 Å². The van der Waals surface area contributed by atoms with E-state index < -0.39 is 0 Å². The molecule has 3 nitrogen and oxygen atoms in total. The van der Waals surface area contributed by atoms with Crippen LogP contribution in [-0.4, -0.2) is 12.6 Å². The van der Waals surface area contributed by atoms with Gasteiger partial charge in [-0.2, -0.15) is 0 Å². The van der Waals surface area contributed by atoms with Crippen LogP contribution >= 0.6 is 0 Å². The minimum atomic E-state index is 0.159. The highest BCUT2D eigenvalue weighted by molar-refractivity contribution is 5.35. The Balaban J connectivity index is 1.84. The Morgan fingerprint density at radius 3 is 2.89 bits per heavy atom. The van der Waals surface area contributed by atoms with E-state index in [0.29, 0.717) is 6.10 Å².